The lowest BCUT2D eigenvalue weighted by molar-refractivity contribution is 0.340. The van der Waals surface area contributed by atoms with Crippen molar-refractivity contribution < 1.29 is 17.9 Å². The first-order valence-electron chi connectivity index (χ1n) is 6.45. The molecule has 0 radical (unpaired) electrons. The monoisotopic (exact) mass is 326 g/mol. The van der Waals surface area contributed by atoms with Crippen LogP contribution >= 0.6 is 12.2 Å². The van der Waals surface area contributed by atoms with Gasteiger partial charge in [0, 0.05) is 5.69 Å². The summed E-state index contributed by atoms with van der Waals surface area (Å²) in [4.78, 5) is 0. The van der Waals surface area contributed by atoms with Crippen molar-refractivity contribution >= 4 is 28.7 Å². The summed E-state index contributed by atoms with van der Waals surface area (Å²) in [6.07, 6.45) is 0. The fourth-order valence-electron chi connectivity index (χ4n) is 1.71. The Morgan fingerprint density at radius 3 is 2.32 bits per heavy atom. The zero-order valence-electron chi connectivity index (χ0n) is 11.6. The summed E-state index contributed by atoms with van der Waals surface area (Å²) in [5.41, 5.74) is 0.395. The summed E-state index contributed by atoms with van der Waals surface area (Å²) in [6, 6.07) is 8.82. The van der Waals surface area contributed by atoms with Crippen LogP contribution in [0.2, 0.25) is 0 Å². The Hall–Kier alpha value is -2.28. The number of hydrogen-bond donors (Lipinski definition) is 2. The second-order valence-corrected chi connectivity index (χ2v) is 4.67. The average Bonchev–Trinajstić information content (AvgIpc) is 2.50. The summed E-state index contributed by atoms with van der Waals surface area (Å²) in [5.74, 6) is -3.42. The first kappa shape index (κ1) is 16.1. The fraction of sp³-hybridized carbons (Fsp3) is 0.133. The number of thiocarbonyl (C=S) groups is 1. The van der Waals surface area contributed by atoms with Crippen molar-refractivity contribution in [3.63, 3.8) is 0 Å². The Labute approximate surface area is 131 Å². The number of benzene rings is 2. The van der Waals surface area contributed by atoms with Crippen LogP contribution in [-0.2, 0) is 0 Å². The van der Waals surface area contributed by atoms with Gasteiger partial charge in [-0.15, -0.1) is 0 Å². The number of hydrogen-bond acceptors (Lipinski definition) is 2. The van der Waals surface area contributed by atoms with E-state index in [1.54, 1.807) is 24.3 Å². The predicted molar refractivity (Wildman–Crippen MR) is 83.8 cm³/mol. The summed E-state index contributed by atoms with van der Waals surface area (Å²) >= 11 is 5.00. The Bertz CT molecular complexity index is 677. The van der Waals surface area contributed by atoms with Crippen molar-refractivity contribution in [3.05, 3.63) is 53.8 Å². The first-order valence-corrected chi connectivity index (χ1v) is 6.86. The van der Waals surface area contributed by atoms with Gasteiger partial charge in [0.2, 0.25) is 0 Å². The number of ether oxygens (including phenoxy) is 1. The van der Waals surface area contributed by atoms with Crippen LogP contribution in [0.25, 0.3) is 0 Å². The molecule has 0 atom stereocenters. The maximum Gasteiger partial charge on any atom is 0.196 e. The van der Waals surface area contributed by atoms with Gasteiger partial charge < -0.3 is 15.4 Å². The maximum atomic E-state index is 13.5. The Kier molecular flexibility index (Phi) is 5.21. The molecule has 2 rings (SSSR count). The van der Waals surface area contributed by atoms with Crippen LogP contribution in [0.5, 0.6) is 5.75 Å². The van der Waals surface area contributed by atoms with E-state index in [1.165, 1.54) is 0 Å². The van der Waals surface area contributed by atoms with Crippen molar-refractivity contribution in [2.24, 2.45) is 0 Å². The molecule has 0 saturated carbocycles. The van der Waals surface area contributed by atoms with E-state index in [0.717, 1.165) is 12.1 Å². The Morgan fingerprint density at radius 2 is 1.68 bits per heavy atom. The SMILES string of the molecule is CCOc1ccc(NC(=S)Nc2ccc(F)c(F)c2F)cc1. The normalized spacial score (nSPS) is 10.2. The molecule has 0 heterocycles. The third-order valence-corrected chi connectivity index (χ3v) is 2.91. The van der Waals surface area contributed by atoms with Gasteiger partial charge in [0.25, 0.3) is 0 Å². The van der Waals surface area contributed by atoms with Crippen LogP contribution in [0.4, 0.5) is 24.5 Å². The summed E-state index contributed by atoms with van der Waals surface area (Å²) in [7, 11) is 0. The van der Waals surface area contributed by atoms with Gasteiger partial charge in [0.15, 0.2) is 22.6 Å². The minimum atomic E-state index is -1.55. The maximum absolute atomic E-state index is 13.5. The van der Waals surface area contributed by atoms with E-state index in [1.807, 2.05) is 6.92 Å². The van der Waals surface area contributed by atoms with Gasteiger partial charge in [-0.05, 0) is 55.5 Å². The van der Waals surface area contributed by atoms with E-state index in [9.17, 15) is 13.2 Å². The van der Waals surface area contributed by atoms with Crippen molar-refractivity contribution in [1.82, 2.24) is 0 Å². The summed E-state index contributed by atoms with van der Waals surface area (Å²) < 4.78 is 44.8. The zero-order valence-corrected chi connectivity index (χ0v) is 12.4. The molecule has 0 saturated heterocycles. The molecule has 7 heteroatoms. The number of anilines is 2. The molecule has 2 aromatic carbocycles. The third kappa shape index (κ3) is 3.88. The van der Waals surface area contributed by atoms with Crippen molar-refractivity contribution in [2.75, 3.05) is 17.2 Å². The molecule has 0 fully saturated rings. The van der Waals surface area contributed by atoms with Gasteiger partial charge in [-0.2, -0.15) is 0 Å². The highest BCUT2D eigenvalue weighted by atomic mass is 32.1. The quantitative estimate of drug-likeness (QED) is 0.648. The van der Waals surface area contributed by atoms with E-state index < -0.39 is 17.5 Å². The summed E-state index contributed by atoms with van der Waals surface area (Å²) in [5, 5.41) is 5.33. The number of halogens is 3. The molecule has 0 unspecified atom stereocenters. The van der Waals surface area contributed by atoms with Gasteiger partial charge in [-0.3, -0.25) is 0 Å². The molecule has 3 nitrogen and oxygen atoms in total. The molecule has 116 valence electrons. The first-order chi connectivity index (χ1) is 10.5. The van der Waals surface area contributed by atoms with Crippen molar-refractivity contribution in [1.29, 1.82) is 0 Å². The standard InChI is InChI=1S/C15H13F3N2OS/c1-2-21-10-5-3-9(4-6-10)19-15(22)20-12-8-7-11(16)13(17)14(12)18/h3-8H,2H2,1H3,(H2,19,20,22). The smallest absolute Gasteiger partial charge is 0.196 e. The van der Waals surface area contributed by atoms with Crippen LogP contribution < -0.4 is 15.4 Å². The van der Waals surface area contributed by atoms with Gasteiger partial charge in [-0.1, -0.05) is 0 Å². The van der Waals surface area contributed by atoms with Crippen molar-refractivity contribution in [3.8, 4) is 5.75 Å². The largest absolute Gasteiger partial charge is 0.494 e. The summed E-state index contributed by atoms with van der Waals surface area (Å²) in [6.45, 7) is 2.43. The number of nitrogens with one attached hydrogen (secondary N) is 2. The van der Waals surface area contributed by atoms with Crippen LogP contribution in [0.15, 0.2) is 36.4 Å². The topological polar surface area (TPSA) is 33.3 Å². The third-order valence-electron chi connectivity index (χ3n) is 2.71. The molecule has 0 spiro atoms. The molecule has 0 aliphatic carbocycles. The zero-order chi connectivity index (χ0) is 16.1. The predicted octanol–water partition coefficient (Wildman–Crippen LogP) is 4.31. The van der Waals surface area contributed by atoms with Gasteiger partial charge >= 0.3 is 0 Å². The second-order valence-electron chi connectivity index (χ2n) is 4.26. The van der Waals surface area contributed by atoms with E-state index in [2.05, 4.69) is 10.6 Å². The van der Waals surface area contributed by atoms with Crippen LogP contribution in [0.1, 0.15) is 6.92 Å². The lowest BCUT2D eigenvalue weighted by Gasteiger charge is -2.12. The molecule has 2 N–H and O–H groups in total. The highest BCUT2D eigenvalue weighted by Crippen LogP contribution is 2.20. The molecular formula is C15H13F3N2OS. The second kappa shape index (κ2) is 7.13. The van der Waals surface area contributed by atoms with E-state index in [4.69, 9.17) is 17.0 Å². The minimum Gasteiger partial charge on any atom is -0.494 e. The highest BCUT2D eigenvalue weighted by Gasteiger charge is 2.14. The van der Waals surface area contributed by atoms with Crippen LogP contribution in [0.3, 0.4) is 0 Å². The molecular weight excluding hydrogens is 313 g/mol. The fourth-order valence-corrected chi connectivity index (χ4v) is 1.94. The highest BCUT2D eigenvalue weighted by molar-refractivity contribution is 7.80. The lowest BCUT2D eigenvalue weighted by atomic mass is 10.3. The van der Waals surface area contributed by atoms with Crippen LogP contribution in [0, 0.1) is 17.5 Å². The van der Waals surface area contributed by atoms with E-state index in [0.29, 0.717) is 18.0 Å². The molecule has 0 bridgehead atoms. The van der Waals surface area contributed by atoms with Crippen molar-refractivity contribution in [2.45, 2.75) is 6.92 Å². The van der Waals surface area contributed by atoms with Gasteiger partial charge in [-0.25, -0.2) is 13.2 Å². The average molecular weight is 326 g/mol. The molecule has 0 aromatic heterocycles. The molecule has 22 heavy (non-hydrogen) atoms. The van der Waals surface area contributed by atoms with Crippen LogP contribution in [-0.4, -0.2) is 11.7 Å². The Morgan fingerprint density at radius 1 is 1.00 bits per heavy atom. The molecule has 0 amide bonds. The van der Waals surface area contributed by atoms with Gasteiger partial charge in [0.1, 0.15) is 5.75 Å². The van der Waals surface area contributed by atoms with E-state index >= 15 is 0 Å². The lowest BCUT2D eigenvalue weighted by Crippen LogP contribution is -2.20. The van der Waals surface area contributed by atoms with E-state index in [-0.39, 0.29) is 10.8 Å². The molecule has 0 aliphatic rings. The minimum absolute atomic E-state index is 0.0501. The Balaban J connectivity index is 2.02. The number of rotatable bonds is 4. The molecule has 2 aromatic rings. The van der Waals surface area contributed by atoms with Gasteiger partial charge in [0.05, 0.1) is 12.3 Å². The molecule has 0 aliphatic heterocycles.